The molecule has 2 amide bonds. The molecule has 2 N–H and O–H groups in total. The number of amides is 2. The Balaban J connectivity index is 1.58. The maximum Gasteiger partial charge on any atom is 0.313 e. The van der Waals surface area contributed by atoms with E-state index in [1.807, 2.05) is 6.07 Å². The summed E-state index contributed by atoms with van der Waals surface area (Å²) in [5, 5.41) is 5.07. The molecule has 0 aliphatic rings. The lowest BCUT2D eigenvalue weighted by molar-refractivity contribution is -0.136. The Morgan fingerprint density at radius 1 is 0.900 bits per heavy atom. The van der Waals surface area contributed by atoms with Crippen molar-refractivity contribution >= 4 is 34.6 Å². The summed E-state index contributed by atoms with van der Waals surface area (Å²) < 4.78 is 10.3. The number of nitrogens with one attached hydrogen (secondary N) is 2. The average Bonchev–Trinajstić information content (AvgIpc) is 3.26. The van der Waals surface area contributed by atoms with Crippen LogP contribution in [0.3, 0.4) is 0 Å². The van der Waals surface area contributed by atoms with Gasteiger partial charge >= 0.3 is 11.8 Å². The summed E-state index contributed by atoms with van der Waals surface area (Å²) in [7, 11) is 2.97. The fourth-order valence-corrected chi connectivity index (χ4v) is 3.56. The fourth-order valence-electron chi connectivity index (χ4n) is 2.66. The molecule has 30 heavy (non-hydrogen) atoms. The van der Waals surface area contributed by atoms with Gasteiger partial charge in [0.1, 0.15) is 11.5 Å². The van der Waals surface area contributed by atoms with Gasteiger partial charge in [0.25, 0.3) is 0 Å². The van der Waals surface area contributed by atoms with Crippen LogP contribution in [0, 0.1) is 0 Å². The summed E-state index contributed by atoms with van der Waals surface area (Å²) in [5.41, 5.74) is 0.952. The first-order valence-corrected chi connectivity index (χ1v) is 9.83. The van der Waals surface area contributed by atoms with Crippen molar-refractivity contribution < 1.29 is 23.9 Å². The minimum absolute atomic E-state index is 0.0810. The second-order valence-electron chi connectivity index (χ2n) is 6.16. The van der Waals surface area contributed by atoms with Gasteiger partial charge in [-0.15, -0.1) is 11.3 Å². The summed E-state index contributed by atoms with van der Waals surface area (Å²) in [5.74, 6) is -0.763. The molecule has 154 valence electrons. The van der Waals surface area contributed by atoms with Gasteiger partial charge in [-0.25, -0.2) is 0 Å². The van der Waals surface area contributed by atoms with Crippen LogP contribution in [0.1, 0.15) is 20.1 Å². The summed E-state index contributed by atoms with van der Waals surface area (Å²) in [6.45, 7) is 0.138. The predicted octanol–water partition coefficient (Wildman–Crippen LogP) is 3.25. The van der Waals surface area contributed by atoms with E-state index in [4.69, 9.17) is 9.47 Å². The Morgan fingerprint density at radius 2 is 1.67 bits per heavy atom. The second-order valence-corrected chi connectivity index (χ2v) is 7.33. The number of hydrogen-bond donors (Lipinski definition) is 2. The van der Waals surface area contributed by atoms with Crippen LogP contribution in [0.25, 0.3) is 0 Å². The summed E-state index contributed by atoms with van der Waals surface area (Å²) >= 11 is 1.27. The van der Waals surface area contributed by atoms with Crippen molar-refractivity contribution in [3.63, 3.8) is 0 Å². The van der Waals surface area contributed by atoms with Crippen molar-refractivity contribution in [2.24, 2.45) is 0 Å². The molecule has 3 aromatic rings. The zero-order valence-electron chi connectivity index (χ0n) is 16.4. The summed E-state index contributed by atoms with van der Waals surface area (Å²) in [4.78, 5) is 38.1. The molecule has 0 atom stereocenters. The van der Waals surface area contributed by atoms with E-state index in [9.17, 15) is 14.4 Å². The molecule has 0 aliphatic heterocycles. The minimum atomic E-state index is -0.824. The highest BCUT2D eigenvalue weighted by Crippen LogP contribution is 2.29. The molecule has 0 fully saturated rings. The highest BCUT2D eigenvalue weighted by Gasteiger charge is 2.17. The number of ketones is 1. The first-order valence-electron chi connectivity index (χ1n) is 9.01. The quantitative estimate of drug-likeness (QED) is 0.449. The van der Waals surface area contributed by atoms with Crippen molar-refractivity contribution in [1.29, 1.82) is 0 Å². The third kappa shape index (κ3) is 5.03. The van der Waals surface area contributed by atoms with Gasteiger partial charge in [-0.05, 0) is 24.3 Å². The average molecular weight is 424 g/mol. The largest absolute Gasteiger partial charge is 0.497 e. The summed E-state index contributed by atoms with van der Waals surface area (Å²) in [6, 6.07) is 17.3. The van der Waals surface area contributed by atoms with Crippen LogP contribution >= 0.6 is 11.3 Å². The first kappa shape index (κ1) is 21.1. The number of carbonyl (C=O) groups excluding carboxylic acids is 3. The Morgan fingerprint density at radius 3 is 2.37 bits per heavy atom. The molecule has 7 nitrogen and oxygen atoms in total. The lowest BCUT2D eigenvalue weighted by Gasteiger charge is -2.11. The van der Waals surface area contributed by atoms with Crippen LogP contribution < -0.4 is 20.1 Å². The van der Waals surface area contributed by atoms with E-state index >= 15 is 0 Å². The van der Waals surface area contributed by atoms with Crippen molar-refractivity contribution in [3.05, 3.63) is 76.0 Å². The van der Waals surface area contributed by atoms with Gasteiger partial charge in [-0.3, -0.25) is 14.4 Å². The van der Waals surface area contributed by atoms with E-state index in [0.717, 1.165) is 4.88 Å². The number of benzene rings is 2. The number of anilines is 1. The molecule has 8 heteroatoms. The van der Waals surface area contributed by atoms with Crippen LogP contribution in [-0.2, 0) is 16.1 Å². The zero-order valence-corrected chi connectivity index (χ0v) is 17.2. The number of hydrogen-bond acceptors (Lipinski definition) is 6. The van der Waals surface area contributed by atoms with E-state index in [0.29, 0.717) is 27.6 Å². The second kappa shape index (κ2) is 9.71. The molecular weight excluding hydrogens is 404 g/mol. The van der Waals surface area contributed by atoms with Crippen LogP contribution in [0.2, 0.25) is 0 Å². The summed E-state index contributed by atoms with van der Waals surface area (Å²) in [6.07, 6.45) is 0. The lowest BCUT2D eigenvalue weighted by atomic mass is 10.1. The van der Waals surface area contributed by atoms with Crippen LogP contribution in [-0.4, -0.2) is 31.8 Å². The molecule has 0 saturated heterocycles. The Bertz CT molecular complexity index is 1060. The van der Waals surface area contributed by atoms with Crippen molar-refractivity contribution in [2.45, 2.75) is 6.54 Å². The molecule has 0 spiro atoms. The molecule has 2 aromatic carbocycles. The molecule has 3 rings (SSSR count). The van der Waals surface area contributed by atoms with E-state index in [-0.39, 0.29) is 12.3 Å². The number of ether oxygens (including phenoxy) is 2. The zero-order chi connectivity index (χ0) is 21.5. The number of methoxy groups -OCH3 is 2. The lowest BCUT2D eigenvalue weighted by Crippen LogP contribution is -2.34. The molecule has 0 aliphatic carbocycles. The van der Waals surface area contributed by atoms with E-state index in [2.05, 4.69) is 10.6 Å². The number of rotatable bonds is 7. The molecule has 0 saturated carbocycles. The third-order valence-electron chi connectivity index (χ3n) is 4.21. The van der Waals surface area contributed by atoms with Gasteiger partial charge in [0.05, 0.1) is 31.3 Å². The minimum Gasteiger partial charge on any atom is -0.497 e. The Labute approximate surface area is 177 Å². The smallest absolute Gasteiger partial charge is 0.313 e. The Kier molecular flexibility index (Phi) is 6.82. The molecule has 1 aromatic heterocycles. The predicted molar refractivity (Wildman–Crippen MR) is 114 cm³/mol. The highest BCUT2D eigenvalue weighted by atomic mass is 32.1. The van der Waals surface area contributed by atoms with E-state index in [1.165, 1.54) is 25.6 Å². The van der Waals surface area contributed by atoms with E-state index < -0.39 is 11.8 Å². The van der Waals surface area contributed by atoms with Gasteiger partial charge in [-0.1, -0.05) is 30.3 Å². The topological polar surface area (TPSA) is 93.7 Å². The fraction of sp³-hybridized carbons (Fsp3) is 0.136. The van der Waals surface area contributed by atoms with Crippen LogP contribution in [0.15, 0.2) is 60.7 Å². The molecule has 0 radical (unpaired) electrons. The maximum absolute atomic E-state index is 12.5. The van der Waals surface area contributed by atoms with Crippen LogP contribution in [0.4, 0.5) is 5.69 Å². The standard InChI is InChI=1S/C22H20N2O5S/c1-28-15-8-10-17(18(12-15)29-2)24-22(27)21(26)23-13-16-9-11-19(30-16)20(25)14-6-4-3-5-7-14/h3-12H,13H2,1-2H3,(H,23,26)(H,24,27). The third-order valence-corrected chi connectivity index (χ3v) is 5.29. The highest BCUT2D eigenvalue weighted by molar-refractivity contribution is 7.14. The molecule has 0 bridgehead atoms. The molecule has 1 heterocycles. The van der Waals surface area contributed by atoms with Crippen molar-refractivity contribution in [1.82, 2.24) is 5.32 Å². The molecular formula is C22H20N2O5S. The van der Waals surface area contributed by atoms with Crippen LogP contribution in [0.5, 0.6) is 11.5 Å². The normalized spacial score (nSPS) is 10.2. The van der Waals surface area contributed by atoms with Gasteiger partial charge in [0.15, 0.2) is 0 Å². The monoisotopic (exact) mass is 424 g/mol. The maximum atomic E-state index is 12.5. The first-order chi connectivity index (χ1) is 14.5. The van der Waals surface area contributed by atoms with Crippen molar-refractivity contribution in [3.8, 4) is 11.5 Å². The molecule has 0 unspecified atom stereocenters. The van der Waals surface area contributed by atoms with Gasteiger partial charge in [-0.2, -0.15) is 0 Å². The number of thiophene rings is 1. The number of carbonyl (C=O) groups is 3. The Hall–Kier alpha value is -3.65. The van der Waals surface area contributed by atoms with Gasteiger partial charge in [0.2, 0.25) is 5.78 Å². The van der Waals surface area contributed by atoms with E-state index in [1.54, 1.807) is 54.6 Å². The van der Waals surface area contributed by atoms with Crippen molar-refractivity contribution in [2.75, 3.05) is 19.5 Å². The van der Waals surface area contributed by atoms with Gasteiger partial charge in [0, 0.05) is 16.5 Å². The van der Waals surface area contributed by atoms with Gasteiger partial charge < -0.3 is 20.1 Å². The SMILES string of the molecule is COc1ccc(NC(=O)C(=O)NCc2ccc(C(=O)c3ccccc3)s2)c(OC)c1.